The number of hydrogen-bond acceptors (Lipinski definition) is 5. The average Bonchev–Trinajstić information content (AvgIpc) is 3.34. The summed E-state index contributed by atoms with van der Waals surface area (Å²) in [5.74, 6) is -2.64. The molecule has 0 saturated heterocycles. The Morgan fingerprint density at radius 2 is 1.62 bits per heavy atom. The van der Waals surface area contributed by atoms with Gasteiger partial charge in [0.1, 0.15) is 6.04 Å². The van der Waals surface area contributed by atoms with Crippen LogP contribution in [0.25, 0.3) is 22.9 Å². The van der Waals surface area contributed by atoms with E-state index in [0.717, 1.165) is 23.3 Å². The number of halogens is 2. The number of nitrogens with zero attached hydrogens (tertiary/aromatic N) is 2. The van der Waals surface area contributed by atoms with E-state index in [0.29, 0.717) is 11.5 Å². The highest BCUT2D eigenvalue weighted by molar-refractivity contribution is 5.98. The molecule has 4 aromatic rings. The van der Waals surface area contributed by atoms with Crippen molar-refractivity contribution in [3.63, 3.8) is 0 Å². The monoisotopic (exact) mass is 462 g/mol. The van der Waals surface area contributed by atoms with Gasteiger partial charge in [-0.25, -0.2) is 8.78 Å². The van der Waals surface area contributed by atoms with Gasteiger partial charge in [-0.15, -0.1) is 10.2 Å². The molecule has 0 fully saturated rings. The molecular weight excluding hydrogens is 442 g/mol. The highest BCUT2D eigenvalue weighted by Crippen LogP contribution is 2.26. The Morgan fingerprint density at radius 1 is 0.912 bits per heavy atom. The molecule has 9 heteroatoms. The number of hydrogen-bond donors (Lipinski definition) is 2. The van der Waals surface area contributed by atoms with Crippen LogP contribution in [0, 0.1) is 18.6 Å². The SMILES string of the molecule is CNC(=O)C(NC(=O)c1ccc(-c2nnc(-c3ccccc3C)o2)cc1)c1ccc(F)c(F)c1. The van der Waals surface area contributed by atoms with Crippen LogP contribution in [-0.4, -0.2) is 29.1 Å². The van der Waals surface area contributed by atoms with Gasteiger partial charge >= 0.3 is 0 Å². The summed E-state index contributed by atoms with van der Waals surface area (Å²) < 4.78 is 32.7. The van der Waals surface area contributed by atoms with Gasteiger partial charge < -0.3 is 15.1 Å². The highest BCUT2D eigenvalue weighted by Gasteiger charge is 2.24. The Hall–Kier alpha value is -4.40. The lowest BCUT2D eigenvalue weighted by molar-refractivity contribution is -0.122. The summed E-state index contributed by atoms with van der Waals surface area (Å²) in [7, 11) is 1.38. The first-order chi connectivity index (χ1) is 16.4. The number of rotatable bonds is 6. The van der Waals surface area contributed by atoms with Crippen molar-refractivity contribution in [2.75, 3.05) is 7.05 Å². The third-order valence-corrected chi connectivity index (χ3v) is 5.26. The Kier molecular flexibility index (Phi) is 6.44. The van der Waals surface area contributed by atoms with Gasteiger partial charge in [0.25, 0.3) is 5.91 Å². The van der Waals surface area contributed by atoms with Gasteiger partial charge in [0.05, 0.1) is 0 Å². The smallest absolute Gasteiger partial charge is 0.252 e. The minimum absolute atomic E-state index is 0.109. The van der Waals surface area contributed by atoms with Gasteiger partial charge in [-0.05, 0) is 60.5 Å². The molecule has 1 aromatic heterocycles. The maximum atomic E-state index is 13.7. The van der Waals surface area contributed by atoms with E-state index in [4.69, 9.17) is 4.42 Å². The van der Waals surface area contributed by atoms with Crippen LogP contribution in [0.1, 0.15) is 27.5 Å². The Balaban J connectivity index is 1.53. The van der Waals surface area contributed by atoms with Gasteiger partial charge in [0.15, 0.2) is 11.6 Å². The maximum Gasteiger partial charge on any atom is 0.252 e. The van der Waals surface area contributed by atoms with Crippen molar-refractivity contribution in [2.24, 2.45) is 0 Å². The van der Waals surface area contributed by atoms with Crippen LogP contribution in [0.3, 0.4) is 0 Å². The van der Waals surface area contributed by atoms with Crippen molar-refractivity contribution in [3.05, 3.63) is 95.1 Å². The molecule has 0 aliphatic carbocycles. The fourth-order valence-corrected chi connectivity index (χ4v) is 3.38. The Labute approximate surface area is 193 Å². The molecule has 1 unspecified atom stereocenters. The van der Waals surface area contributed by atoms with Crippen molar-refractivity contribution in [2.45, 2.75) is 13.0 Å². The number of nitrogens with one attached hydrogen (secondary N) is 2. The normalized spacial score (nSPS) is 11.6. The summed E-state index contributed by atoms with van der Waals surface area (Å²) in [6.45, 7) is 1.94. The van der Waals surface area contributed by atoms with E-state index in [-0.39, 0.29) is 17.0 Å². The Bertz CT molecular complexity index is 1350. The second-order valence-electron chi connectivity index (χ2n) is 7.50. The summed E-state index contributed by atoms with van der Waals surface area (Å²) >= 11 is 0. The number of aromatic nitrogens is 2. The van der Waals surface area contributed by atoms with Gasteiger partial charge in [-0.1, -0.05) is 24.3 Å². The number of aryl methyl sites for hydroxylation is 1. The zero-order valence-electron chi connectivity index (χ0n) is 18.3. The molecule has 7 nitrogen and oxygen atoms in total. The van der Waals surface area contributed by atoms with Crippen molar-refractivity contribution in [1.29, 1.82) is 0 Å². The van der Waals surface area contributed by atoms with Gasteiger partial charge in [-0.3, -0.25) is 9.59 Å². The molecule has 1 heterocycles. The summed E-state index contributed by atoms with van der Waals surface area (Å²) in [5.41, 5.74) is 2.79. The Morgan fingerprint density at radius 3 is 2.29 bits per heavy atom. The zero-order valence-corrected chi connectivity index (χ0v) is 18.3. The zero-order chi connectivity index (χ0) is 24.2. The molecule has 2 amide bonds. The summed E-state index contributed by atoms with van der Waals surface area (Å²) in [4.78, 5) is 25.1. The minimum Gasteiger partial charge on any atom is -0.416 e. The standard InChI is InChI=1S/C25H20F2N4O3/c1-14-5-3-4-6-18(14)25-31-30-24(34-25)16-9-7-15(8-10-16)22(32)29-21(23(33)28-2)17-11-12-19(26)20(27)13-17/h3-13,21H,1-2H3,(H,28,33)(H,29,32). The molecular formula is C25H20F2N4O3. The molecule has 3 aromatic carbocycles. The second-order valence-corrected chi connectivity index (χ2v) is 7.50. The number of carbonyl (C=O) groups is 2. The lowest BCUT2D eigenvalue weighted by atomic mass is 10.0. The number of carbonyl (C=O) groups excluding carboxylic acids is 2. The van der Waals surface area contributed by atoms with E-state index in [1.807, 2.05) is 31.2 Å². The van der Waals surface area contributed by atoms with E-state index in [1.165, 1.54) is 25.2 Å². The van der Waals surface area contributed by atoms with Crippen LogP contribution in [0.2, 0.25) is 0 Å². The van der Waals surface area contributed by atoms with Gasteiger partial charge in [0, 0.05) is 23.7 Å². The predicted molar refractivity (Wildman–Crippen MR) is 121 cm³/mol. The fourth-order valence-electron chi connectivity index (χ4n) is 3.38. The molecule has 0 aliphatic rings. The van der Waals surface area contributed by atoms with Crippen molar-refractivity contribution in [1.82, 2.24) is 20.8 Å². The molecule has 1 atom stereocenters. The molecule has 0 aliphatic heterocycles. The van der Waals surface area contributed by atoms with Crippen LogP contribution >= 0.6 is 0 Å². The van der Waals surface area contributed by atoms with Gasteiger partial charge in [-0.2, -0.15) is 0 Å². The third kappa shape index (κ3) is 4.68. The van der Waals surface area contributed by atoms with E-state index in [2.05, 4.69) is 20.8 Å². The quantitative estimate of drug-likeness (QED) is 0.448. The summed E-state index contributed by atoms with van der Waals surface area (Å²) in [6, 6.07) is 15.8. The first kappa shape index (κ1) is 22.8. The van der Waals surface area contributed by atoms with Gasteiger partial charge in [0.2, 0.25) is 17.7 Å². The topological polar surface area (TPSA) is 97.1 Å². The molecule has 34 heavy (non-hydrogen) atoms. The summed E-state index contributed by atoms with van der Waals surface area (Å²) in [5, 5.41) is 13.1. The van der Waals surface area contributed by atoms with Crippen LogP contribution in [0.4, 0.5) is 8.78 Å². The minimum atomic E-state index is -1.21. The molecule has 4 rings (SSSR count). The molecule has 0 spiro atoms. The van der Waals surface area contributed by atoms with Crippen LogP contribution < -0.4 is 10.6 Å². The first-order valence-corrected chi connectivity index (χ1v) is 10.3. The van der Waals surface area contributed by atoms with Crippen LogP contribution in [0.15, 0.2) is 71.1 Å². The van der Waals surface area contributed by atoms with Crippen molar-refractivity contribution in [3.8, 4) is 22.9 Å². The lowest BCUT2D eigenvalue weighted by Crippen LogP contribution is -2.39. The molecule has 0 saturated carbocycles. The lowest BCUT2D eigenvalue weighted by Gasteiger charge is -2.18. The summed E-state index contributed by atoms with van der Waals surface area (Å²) in [6.07, 6.45) is 0. The first-order valence-electron chi connectivity index (χ1n) is 10.3. The van der Waals surface area contributed by atoms with Crippen molar-refractivity contribution >= 4 is 11.8 Å². The van der Waals surface area contributed by atoms with Crippen LogP contribution in [-0.2, 0) is 4.79 Å². The van der Waals surface area contributed by atoms with Crippen molar-refractivity contribution < 1.29 is 22.8 Å². The van der Waals surface area contributed by atoms with Crippen LogP contribution in [0.5, 0.6) is 0 Å². The second kappa shape index (κ2) is 9.62. The molecule has 0 bridgehead atoms. The van der Waals surface area contributed by atoms with E-state index in [1.54, 1.807) is 12.1 Å². The third-order valence-electron chi connectivity index (χ3n) is 5.26. The fraction of sp³-hybridized carbons (Fsp3) is 0.120. The molecule has 0 radical (unpaired) electrons. The van der Waals surface area contributed by atoms with E-state index >= 15 is 0 Å². The van der Waals surface area contributed by atoms with E-state index < -0.39 is 29.5 Å². The molecule has 2 N–H and O–H groups in total. The maximum absolute atomic E-state index is 13.7. The number of likely N-dealkylation sites (N-methyl/N-ethyl adjacent to an activating group) is 1. The number of benzene rings is 3. The number of amides is 2. The average molecular weight is 462 g/mol. The molecule has 172 valence electrons. The predicted octanol–water partition coefficient (Wildman–Crippen LogP) is 4.21. The highest BCUT2D eigenvalue weighted by atomic mass is 19.2. The van der Waals surface area contributed by atoms with E-state index in [9.17, 15) is 18.4 Å². The largest absolute Gasteiger partial charge is 0.416 e.